The van der Waals surface area contributed by atoms with Crippen LogP contribution in [0.2, 0.25) is 0 Å². The summed E-state index contributed by atoms with van der Waals surface area (Å²) >= 11 is 0. The fourth-order valence-corrected chi connectivity index (χ4v) is 1.64. The first-order valence-electron chi connectivity index (χ1n) is 5.65. The van der Waals surface area contributed by atoms with E-state index in [2.05, 4.69) is 9.64 Å². The van der Waals surface area contributed by atoms with E-state index >= 15 is 0 Å². The molecule has 0 aliphatic rings. The molecule has 17 heavy (non-hydrogen) atoms. The summed E-state index contributed by atoms with van der Waals surface area (Å²) in [5.74, 6) is 0.112. The van der Waals surface area contributed by atoms with E-state index in [0.717, 1.165) is 25.1 Å². The maximum atomic E-state index is 10.9. The number of hydrogen-bond donors (Lipinski definition) is 1. The SMILES string of the molecule is COC(=O)CCCN(C)Cc1cccc(O)c1. The number of carbonyl (C=O) groups excluding carboxylic acids is 1. The van der Waals surface area contributed by atoms with Crippen LogP contribution >= 0.6 is 0 Å². The minimum absolute atomic E-state index is 0.171. The molecule has 0 atom stereocenters. The molecule has 0 aliphatic carbocycles. The number of benzene rings is 1. The molecule has 0 radical (unpaired) electrons. The van der Waals surface area contributed by atoms with Gasteiger partial charge in [0, 0.05) is 13.0 Å². The lowest BCUT2D eigenvalue weighted by molar-refractivity contribution is -0.140. The summed E-state index contributed by atoms with van der Waals surface area (Å²) < 4.78 is 4.58. The van der Waals surface area contributed by atoms with Gasteiger partial charge in [0.2, 0.25) is 0 Å². The molecule has 0 bridgehead atoms. The van der Waals surface area contributed by atoms with Crippen molar-refractivity contribution in [1.82, 2.24) is 4.90 Å². The lowest BCUT2D eigenvalue weighted by Crippen LogP contribution is -2.20. The third-order valence-electron chi connectivity index (χ3n) is 2.51. The van der Waals surface area contributed by atoms with Crippen molar-refractivity contribution in [1.29, 1.82) is 0 Å². The van der Waals surface area contributed by atoms with Crippen LogP contribution in [0.3, 0.4) is 0 Å². The summed E-state index contributed by atoms with van der Waals surface area (Å²) in [7, 11) is 3.39. The molecular weight excluding hydrogens is 218 g/mol. The van der Waals surface area contributed by atoms with E-state index in [1.807, 2.05) is 19.2 Å². The fraction of sp³-hybridized carbons (Fsp3) is 0.462. The Bertz CT molecular complexity index is 365. The maximum absolute atomic E-state index is 10.9. The van der Waals surface area contributed by atoms with Crippen molar-refractivity contribution < 1.29 is 14.6 Å². The molecule has 0 fully saturated rings. The predicted octanol–water partition coefficient (Wildman–Crippen LogP) is 1.78. The van der Waals surface area contributed by atoms with E-state index < -0.39 is 0 Å². The summed E-state index contributed by atoms with van der Waals surface area (Å²) in [5.41, 5.74) is 1.06. The highest BCUT2D eigenvalue weighted by Crippen LogP contribution is 2.12. The largest absolute Gasteiger partial charge is 0.508 e. The molecule has 0 heterocycles. The maximum Gasteiger partial charge on any atom is 0.305 e. The summed E-state index contributed by atoms with van der Waals surface area (Å²) in [6.07, 6.45) is 1.23. The Morgan fingerprint density at radius 2 is 2.24 bits per heavy atom. The van der Waals surface area contributed by atoms with E-state index in [-0.39, 0.29) is 11.7 Å². The molecule has 4 heteroatoms. The van der Waals surface area contributed by atoms with Gasteiger partial charge < -0.3 is 14.7 Å². The number of rotatable bonds is 6. The van der Waals surface area contributed by atoms with Crippen LogP contribution in [0.1, 0.15) is 18.4 Å². The van der Waals surface area contributed by atoms with Gasteiger partial charge in [-0.15, -0.1) is 0 Å². The molecule has 94 valence electrons. The van der Waals surface area contributed by atoms with Crippen LogP contribution in [0.4, 0.5) is 0 Å². The molecule has 1 rings (SSSR count). The van der Waals surface area contributed by atoms with Crippen molar-refractivity contribution in [3.63, 3.8) is 0 Å². The summed E-state index contributed by atoms with van der Waals surface area (Å²) in [6, 6.07) is 7.20. The second-order valence-corrected chi connectivity index (χ2v) is 4.09. The lowest BCUT2D eigenvalue weighted by Gasteiger charge is -2.16. The molecule has 1 aromatic rings. The molecule has 0 amide bonds. The Kier molecular flexibility index (Phi) is 5.49. The van der Waals surface area contributed by atoms with Crippen LogP contribution < -0.4 is 0 Å². The average molecular weight is 237 g/mol. The first-order valence-corrected chi connectivity index (χ1v) is 5.65. The first kappa shape index (κ1) is 13.5. The van der Waals surface area contributed by atoms with E-state index in [1.54, 1.807) is 12.1 Å². The smallest absolute Gasteiger partial charge is 0.305 e. The van der Waals surface area contributed by atoms with Gasteiger partial charge in [-0.25, -0.2) is 0 Å². The van der Waals surface area contributed by atoms with Crippen LogP contribution in [0, 0.1) is 0 Å². The number of hydrogen-bond acceptors (Lipinski definition) is 4. The number of esters is 1. The normalized spacial score (nSPS) is 10.5. The predicted molar refractivity (Wildman–Crippen MR) is 65.7 cm³/mol. The first-order chi connectivity index (χ1) is 8.11. The molecule has 0 saturated carbocycles. The molecular formula is C13H19NO3. The second-order valence-electron chi connectivity index (χ2n) is 4.09. The van der Waals surface area contributed by atoms with Crippen molar-refractivity contribution in [2.75, 3.05) is 20.7 Å². The molecule has 0 unspecified atom stereocenters. The third kappa shape index (κ3) is 5.36. The lowest BCUT2D eigenvalue weighted by atomic mass is 10.2. The van der Waals surface area contributed by atoms with Gasteiger partial charge in [-0.05, 0) is 37.7 Å². The Hall–Kier alpha value is -1.55. The summed E-state index contributed by atoms with van der Waals surface area (Å²) in [5, 5.41) is 9.33. The van der Waals surface area contributed by atoms with E-state index in [0.29, 0.717) is 6.42 Å². The quantitative estimate of drug-likeness (QED) is 0.766. The number of methoxy groups -OCH3 is 1. The van der Waals surface area contributed by atoms with Crippen LogP contribution in [0.15, 0.2) is 24.3 Å². The van der Waals surface area contributed by atoms with Gasteiger partial charge in [-0.2, -0.15) is 0 Å². The highest BCUT2D eigenvalue weighted by molar-refractivity contribution is 5.69. The zero-order chi connectivity index (χ0) is 12.7. The number of aromatic hydroxyl groups is 1. The molecule has 0 saturated heterocycles. The fourth-order valence-electron chi connectivity index (χ4n) is 1.64. The number of ether oxygens (including phenoxy) is 1. The van der Waals surface area contributed by atoms with Gasteiger partial charge in [0.15, 0.2) is 0 Å². The summed E-state index contributed by atoms with van der Waals surface area (Å²) in [6.45, 7) is 1.58. The zero-order valence-electron chi connectivity index (χ0n) is 10.3. The Labute approximate surface area is 102 Å². The van der Waals surface area contributed by atoms with Crippen LogP contribution in [0.5, 0.6) is 5.75 Å². The van der Waals surface area contributed by atoms with Gasteiger partial charge in [0.1, 0.15) is 5.75 Å². The average Bonchev–Trinajstić information content (AvgIpc) is 2.28. The van der Waals surface area contributed by atoms with Crippen molar-refractivity contribution in [3.8, 4) is 5.75 Å². The van der Waals surface area contributed by atoms with Crippen LogP contribution in [-0.2, 0) is 16.1 Å². The Morgan fingerprint density at radius 1 is 1.47 bits per heavy atom. The van der Waals surface area contributed by atoms with E-state index in [1.165, 1.54) is 7.11 Å². The highest BCUT2D eigenvalue weighted by atomic mass is 16.5. The Morgan fingerprint density at radius 3 is 2.88 bits per heavy atom. The molecule has 0 aliphatic heterocycles. The molecule has 0 aromatic heterocycles. The van der Waals surface area contributed by atoms with Gasteiger partial charge in [-0.1, -0.05) is 12.1 Å². The van der Waals surface area contributed by atoms with Gasteiger partial charge in [-0.3, -0.25) is 4.79 Å². The summed E-state index contributed by atoms with van der Waals surface area (Å²) in [4.78, 5) is 13.0. The third-order valence-corrected chi connectivity index (χ3v) is 2.51. The van der Waals surface area contributed by atoms with Crippen molar-refractivity contribution in [3.05, 3.63) is 29.8 Å². The van der Waals surface area contributed by atoms with Gasteiger partial charge in [0.25, 0.3) is 0 Å². The van der Waals surface area contributed by atoms with Crippen LogP contribution in [-0.4, -0.2) is 36.7 Å². The van der Waals surface area contributed by atoms with Gasteiger partial charge >= 0.3 is 5.97 Å². The van der Waals surface area contributed by atoms with Crippen molar-refractivity contribution >= 4 is 5.97 Å². The number of carbonyl (C=O) groups is 1. The molecule has 4 nitrogen and oxygen atoms in total. The van der Waals surface area contributed by atoms with E-state index in [9.17, 15) is 9.90 Å². The minimum Gasteiger partial charge on any atom is -0.508 e. The molecule has 0 spiro atoms. The monoisotopic (exact) mass is 237 g/mol. The van der Waals surface area contributed by atoms with Gasteiger partial charge in [0.05, 0.1) is 7.11 Å². The Balaban J connectivity index is 2.29. The minimum atomic E-state index is -0.171. The topological polar surface area (TPSA) is 49.8 Å². The number of phenolic OH excluding ortho intramolecular Hbond substituents is 1. The van der Waals surface area contributed by atoms with Crippen molar-refractivity contribution in [2.24, 2.45) is 0 Å². The standard InChI is InChI=1S/C13H19NO3/c1-14(8-4-7-13(16)17-2)10-11-5-3-6-12(15)9-11/h3,5-6,9,15H,4,7-8,10H2,1-2H3. The number of phenols is 1. The van der Waals surface area contributed by atoms with Crippen LogP contribution in [0.25, 0.3) is 0 Å². The second kappa shape index (κ2) is 6.91. The molecule has 1 aromatic carbocycles. The highest BCUT2D eigenvalue weighted by Gasteiger charge is 2.04. The van der Waals surface area contributed by atoms with Crippen molar-refractivity contribution in [2.45, 2.75) is 19.4 Å². The zero-order valence-corrected chi connectivity index (χ0v) is 10.3. The molecule has 1 N–H and O–H groups in total. The van der Waals surface area contributed by atoms with E-state index in [4.69, 9.17) is 0 Å². The number of nitrogens with zero attached hydrogens (tertiary/aromatic N) is 1.